The van der Waals surface area contributed by atoms with Gasteiger partial charge in [0.05, 0.1) is 13.2 Å². The van der Waals surface area contributed by atoms with Crippen molar-refractivity contribution in [2.75, 3.05) is 32.8 Å². The monoisotopic (exact) mass is 473 g/mol. The number of benzene rings is 1. The molecule has 1 aromatic carbocycles. The number of aromatic nitrogens is 2. The molecule has 1 N–H and O–H groups in total. The fourth-order valence-corrected chi connectivity index (χ4v) is 4.29. The molecule has 2 aliphatic heterocycles. The molecule has 3 heterocycles. The van der Waals surface area contributed by atoms with E-state index in [-0.39, 0.29) is 30.6 Å². The number of nitrogens with zero attached hydrogens (tertiary/aromatic N) is 4. The first-order chi connectivity index (χ1) is 15.9. The summed E-state index contributed by atoms with van der Waals surface area (Å²) >= 11 is 5.87. The van der Waals surface area contributed by atoms with Gasteiger partial charge in [-0.3, -0.25) is 19.1 Å². The normalized spacial score (nSPS) is 15.8. The third-order valence-electron chi connectivity index (χ3n) is 6.06. The van der Waals surface area contributed by atoms with Gasteiger partial charge >= 0.3 is 0 Å². The van der Waals surface area contributed by atoms with Crippen LogP contribution in [0, 0.1) is 0 Å². The number of fused-ring (bicyclic) bond motifs is 1. The molecule has 9 nitrogen and oxygen atoms in total. The van der Waals surface area contributed by atoms with Crippen LogP contribution in [0.2, 0.25) is 5.02 Å². The second-order valence-corrected chi connectivity index (χ2v) is 8.71. The van der Waals surface area contributed by atoms with Crippen LogP contribution >= 0.6 is 11.6 Å². The fraction of sp³-hybridized carbons (Fsp3) is 0.478. The molecular formula is C23H28ClN5O4. The quantitative estimate of drug-likeness (QED) is 0.686. The van der Waals surface area contributed by atoms with Gasteiger partial charge in [-0.15, -0.1) is 0 Å². The average molecular weight is 474 g/mol. The molecule has 2 aromatic rings. The van der Waals surface area contributed by atoms with Gasteiger partial charge in [-0.05, 0) is 17.7 Å². The Morgan fingerprint density at radius 1 is 1.06 bits per heavy atom. The van der Waals surface area contributed by atoms with Crippen LogP contribution < -0.4 is 5.32 Å². The Morgan fingerprint density at radius 2 is 1.79 bits per heavy atom. The summed E-state index contributed by atoms with van der Waals surface area (Å²) in [7, 11) is 1.83. The van der Waals surface area contributed by atoms with Crippen molar-refractivity contribution in [3.8, 4) is 0 Å². The van der Waals surface area contributed by atoms with Gasteiger partial charge in [0.2, 0.25) is 11.8 Å². The largest absolute Gasteiger partial charge is 0.378 e. The lowest BCUT2D eigenvalue weighted by molar-refractivity contribution is -0.134. The second-order valence-electron chi connectivity index (χ2n) is 8.27. The molecule has 0 bridgehead atoms. The first-order valence-corrected chi connectivity index (χ1v) is 11.5. The first-order valence-electron chi connectivity index (χ1n) is 11.1. The van der Waals surface area contributed by atoms with E-state index in [1.54, 1.807) is 26.6 Å². The minimum atomic E-state index is -0.180. The number of hydrogen-bond acceptors (Lipinski definition) is 5. The summed E-state index contributed by atoms with van der Waals surface area (Å²) in [5, 5.41) is 7.94. The van der Waals surface area contributed by atoms with Crippen LogP contribution in [0.5, 0.6) is 0 Å². The summed E-state index contributed by atoms with van der Waals surface area (Å²) in [6.45, 7) is 3.38. The molecule has 0 radical (unpaired) electrons. The summed E-state index contributed by atoms with van der Waals surface area (Å²) in [4.78, 5) is 41.5. The molecule has 0 unspecified atom stereocenters. The van der Waals surface area contributed by atoms with Gasteiger partial charge in [0.25, 0.3) is 5.91 Å². The summed E-state index contributed by atoms with van der Waals surface area (Å²) in [5.41, 5.74) is 3.14. The average Bonchev–Trinajstić information content (AvgIpc) is 3.18. The van der Waals surface area contributed by atoms with E-state index in [9.17, 15) is 14.4 Å². The third-order valence-corrected chi connectivity index (χ3v) is 6.32. The van der Waals surface area contributed by atoms with E-state index in [1.165, 1.54) is 0 Å². The number of rotatable bonds is 6. The van der Waals surface area contributed by atoms with Crippen molar-refractivity contribution in [3.63, 3.8) is 0 Å². The van der Waals surface area contributed by atoms with Crippen molar-refractivity contribution in [2.24, 2.45) is 7.05 Å². The Hall–Kier alpha value is -2.91. The summed E-state index contributed by atoms with van der Waals surface area (Å²) in [6, 6.07) is 7.24. The molecule has 0 saturated carbocycles. The van der Waals surface area contributed by atoms with E-state index in [4.69, 9.17) is 16.3 Å². The highest BCUT2D eigenvalue weighted by molar-refractivity contribution is 6.30. The van der Waals surface area contributed by atoms with Crippen LogP contribution in [0.3, 0.4) is 0 Å². The van der Waals surface area contributed by atoms with E-state index in [1.807, 2.05) is 19.2 Å². The van der Waals surface area contributed by atoms with Crippen LogP contribution in [-0.4, -0.2) is 70.1 Å². The molecule has 10 heteroatoms. The molecule has 3 amide bonds. The highest BCUT2D eigenvalue weighted by Crippen LogP contribution is 2.24. The molecule has 1 saturated heterocycles. The molecule has 4 rings (SSSR count). The Kier molecular flexibility index (Phi) is 7.29. The summed E-state index contributed by atoms with van der Waals surface area (Å²) in [6.07, 6.45) is 0.862. The van der Waals surface area contributed by atoms with Crippen molar-refractivity contribution in [3.05, 3.63) is 51.8 Å². The number of nitrogens with one attached hydrogen (secondary N) is 1. The molecule has 2 aliphatic rings. The predicted molar refractivity (Wildman–Crippen MR) is 122 cm³/mol. The fourth-order valence-electron chi connectivity index (χ4n) is 4.16. The van der Waals surface area contributed by atoms with Gasteiger partial charge in [0, 0.05) is 75.3 Å². The second kappa shape index (κ2) is 10.4. The lowest BCUT2D eigenvalue weighted by Gasteiger charge is -2.29. The van der Waals surface area contributed by atoms with Gasteiger partial charge in [0.1, 0.15) is 0 Å². The SMILES string of the molecule is Cn1nc(C(=O)N2CCOCC2)c2c1CCN(C(=O)CCC(=O)NCc1ccc(Cl)cc1)C2. The van der Waals surface area contributed by atoms with Crippen molar-refractivity contribution < 1.29 is 19.1 Å². The zero-order chi connectivity index (χ0) is 23.4. The molecule has 1 aromatic heterocycles. The summed E-state index contributed by atoms with van der Waals surface area (Å²) < 4.78 is 7.08. The molecule has 0 atom stereocenters. The van der Waals surface area contributed by atoms with E-state index >= 15 is 0 Å². The minimum Gasteiger partial charge on any atom is -0.378 e. The Morgan fingerprint density at radius 3 is 2.52 bits per heavy atom. The van der Waals surface area contributed by atoms with Crippen LogP contribution in [0.4, 0.5) is 0 Å². The number of ether oxygens (including phenoxy) is 1. The Bertz CT molecular complexity index is 1030. The van der Waals surface area contributed by atoms with Crippen molar-refractivity contribution in [1.29, 1.82) is 0 Å². The maximum absolute atomic E-state index is 13.0. The number of carbonyl (C=O) groups excluding carboxylic acids is 3. The standard InChI is InChI=1S/C23H28ClN5O4/c1-27-19-8-9-29(15-18(19)22(26-27)23(32)28-10-12-33-13-11-28)21(31)7-6-20(30)25-14-16-2-4-17(24)5-3-16/h2-5H,6-15H2,1H3,(H,25,30). The van der Waals surface area contributed by atoms with Crippen molar-refractivity contribution in [1.82, 2.24) is 24.9 Å². The number of halogens is 1. The zero-order valence-electron chi connectivity index (χ0n) is 18.7. The van der Waals surface area contributed by atoms with Gasteiger partial charge in [-0.1, -0.05) is 23.7 Å². The van der Waals surface area contributed by atoms with Gasteiger partial charge in [-0.25, -0.2) is 0 Å². The number of aryl methyl sites for hydroxylation is 1. The maximum atomic E-state index is 13.0. The Balaban J connectivity index is 1.32. The summed E-state index contributed by atoms with van der Waals surface area (Å²) in [5.74, 6) is -0.400. The molecule has 0 spiro atoms. The highest BCUT2D eigenvalue weighted by atomic mass is 35.5. The lowest BCUT2D eigenvalue weighted by Crippen LogP contribution is -2.42. The number of carbonyl (C=O) groups is 3. The predicted octanol–water partition coefficient (Wildman–Crippen LogP) is 1.53. The van der Waals surface area contributed by atoms with Gasteiger partial charge in [0.15, 0.2) is 5.69 Å². The smallest absolute Gasteiger partial charge is 0.274 e. The molecular weight excluding hydrogens is 446 g/mol. The maximum Gasteiger partial charge on any atom is 0.274 e. The highest BCUT2D eigenvalue weighted by Gasteiger charge is 2.31. The molecule has 0 aliphatic carbocycles. The first kappa shape index (κ1) is 23.3. The van der Waals surface area contributed by atoms with Crippen LogP contribution in [-0.2, 0) is 40.9 Å². The number of amides is 3. The third kappa shape index (κ3) is 5.54. The molecule has 1 fully saturated rings. The number of morpholine rings is 1. The van der Waals surface area contributed by atoms with Crippen LogP contribution in [0.25, 0.3) is 0 Å². The zero-order valence-corrected chi connectivity index (χ0v) is 19.4. The van der Waals surface area contributed by atoms with E-state index in [0.717, 1.165) is 16.8 Å². The van der Waals surface area contributed by atoms with Crippen LogP contribution in [0.15, 0.2) is 24.3 Å². The van der Waals surface area contributed by atoms with Gasteiger partial charge < -0.3 is 19.9 Å². The lowest BCUT2D eigenvalue weighted by atomic mass is 10.0. The molecule has 176 valence electrons. The molecule has 33 heavy (non-hydrogen) atoms. The van der Waals surface area contributed by atoms with E-state index in [2.05, 4.69) is 10.4 Å². The van der Waals surface area contributed by atoms with E-state index in [0.29, 0.717) is 63.1 Å². The van der Waals surface area contributed by atoms with Gasteiger partial charge in [-0.2, -0.15) is 5.10 Å². The Labute approximate surface area is 197 Å². The van der Waals surface area contributed by atoms with Crippen molar-refractivity contribution >= 4 is 29.3 Å². The van der Waals surface area contributed by atoms with Crippen molar-refractivity contribution in [2.45, 2.75) is 32.4 Å². The topological polar surface area (TPSA) is 96.8 Å². The minimum absolute atomic E-state index is 0.101. The van der Waals surface area contributed by atoms with E-state index < -0.39 is 0 Å². The number of hydrogen-bond donors (Lipinski definition) is 1. The van der Waals surface area contributed by atoms with Crippen LogP contribution in [0.1, 0.15) is 40.2 Å².